The Kier molecular flexibility index (Phi) is 7.23. The summed E-state index contributed by atoms with van der Waals surface area (Å²) in [6.07, 6.45) is 1.20. The number of hydrogen-bond donors (Lipinski definition) is 1. The van der Waals surface area contributed by atoms with Gasteiger partial charge in [0, 0.05) is 26.2 Å². The van der Waals surface area contributed by atoms with E-state index in [2.05, 4.69) is 18.7 Å². The number of piperazine rings is 1. The second kappa shape index (κ2) is 8.43. The lowest BCUT2D eigenvalue weighted by Gasteiger charge is -2.35. The summed E-state index contributed by atoms with van der Waals surface area (Å²) in [5.41, 5.74) is 0. The number of carboxylic acid groups (broad SMARTS) is 1. The monoisotopic (exact) mass is 288 g/mol. The lowest BCUT2D eigenvalue weighted by atomic mass is 10.1. The number of carbonyl (C=O) groups is 2. The highest BCUT2D eigenvalue weighted by atomic mass is 32.2. The molecule has 0 spiro atoms. The molecule has 1 rings (SSSR count). The molecule has 0 radical (unpaired) electrons. The predicted molar refractivity (Wildman–Crippen MR) is 77.4 cm³/mol. The van der Waals surface area contributed by atoms with Crippen molar-refractivity contribution >= 4 is 23.6 Å². The average Bonchev–Trinajstić information content (AvgIpc) is 2.36. The van der Waals surface area contributed by atoms with Crippen LogP contribution in [0.4, 0.5) is 0 Å². The van der Waals surface area contributed by atoms with Crippen LogP contribution in [0.5, 0.6) is 0 Å². The van der Waals surface area contributed by atoms with E-state index < -0.39 is 5.97 Å². The summed E-state index contributed by atoms with van der Waals surface area (Å²) in [6, 6.07) is 0. The first-order valence-electron chi connectivity index (χ1n) is 6.78. The lowest BCUT2D eigenvalue weighted by molar-refractivity contribution is -0.133. The number of aliphatic carboxylic acids is 1. The van der Waals surface area contributed by atoms with Crippen LogP contribution in [0.1, 0.15) is 20.3 Å². The topological polar surface area (TPSA) is 60.9 Å². The molecule has 5 nitrogen and oxygen atoms in total. The number of carboxylic acids is 1. The fourth-order valence-electron chi connectivity index (χ4n) is 1.98. The zero-order valence-corrected chi connectivity index (χ0v) is 12.6. The van der Waals surface area contributed by atoms with Gasteiger partial charge < -0.3 is 10.0 Å². The Hall–Kier alpha value is -0.750. The highest BCUT2D eigenvalue weighted by Gasteiger charge is 2.20. The summed E-state index contributed by atoms with van der Waals surface area (Å²) in [6.45, 7) is 8.95. The largest absolute Gasteiger partial charge is 0.481 e. The smallest absolute Gasteiger partial charge is 0.313 e. The summed E-state index contributed by atoms with van der Waals surface area (Å²) < 4.78 is 0. The van der Waals surface area contributed by atoms with Gasteiger partial charge in [-0.05, 0) is 18.9 Å². The molecule has 6 heteroatoms. The second-order valence-corrected chi connectivity index (χ2v) is 6.28. The number of nitrogens with zero attached hydrogens (tertiary/aromatic N) is 2. The first-order chi connectivity index (χ1) is 8.99. The van der Waals surface area contributed by atoms with Crippen LogP contribution >= 0.6 is 11.8 Å². The maximum atomic E-state index is 11.8. The van der Waals surface area contributed by atoms with Gasteiger partial charge in [0.1, 0.15) is 0 Å². The standard InChI is InChI=1S/C13H24N2O3S/c1-11(2)3-4-14-5-7-15(8-6-14)12(16)9-19-10-13(17)18/h11H,3-10H2,1-2H3,(H,17,18). The van der Waals surface area contributed by atoms with E-state index in [1.165, 1.54) is 18.2 Å². The molecule has 0 aromatic rings. The number of carbonyl (C=O) groups excluding carboxylic acids is 1. The number of amides is 1. The normalized spacial score (nSPS) is 16.9. The van der Waals surface area contributed by atoms with Gasteiger partial charge in [-0.2, -0.15) is 0 Å². The minimum Gasteiger partial charge on any atom is -0.481 e. The van der Waals surface area contributed by atoms with Crippen LogP contribution < -0.4 is 0 Å². The fraction of sp³-hybridized carbons (Fsp3) is 0.846. The van der Waals surface area contributed by atoms with Crippen LogP contribution in [-0.4, -0.2) is 71.0 Å². The van der Waals surface area contributed by atoms with E-state index in [9.17, 15) is 9.59 Å². The van der Waals surface area contributed by atoms with Crippen LogP contribution in [0.3, 0.4) is 0 Å². The van der Waals surface area contributed by atoms with E-state index in [4.69, 9.17) is 5.11 Å². The second-order valence-electron chi connectivity index (χ2n) is 5.29. The van der Waals surface area contributed by atoms with Gasteiger partial charge >= 0.3 is 5.97 Å². The SMILES string of the molecule is CC(C)CCN1CCN(C(=O)CSCC(=O)O)CC1. The lowest BCUT2D eigenvalue weighted by Crippen LogP contribution is -2.49. The molecule has 0 saturated carbocycles. The van der Waals surface area contributed by atoms with Crippen molar-refractivity contribution in [1.29, 1.82) is 0 Å². The van der Waals surface area contributed by atoms with Gasteiger partial charge in [-0.15, -0.1) is 11.8 Å². The van der Waals surface area contributed by atoms with E-state index in [0.29, 0.717) is 5.92 Å². The zero-order valence-electron chi connectivity index (χ0n) is 11.8. The van der Waals surface area contributed by atoms with E-state index in [1.807, 2.05) is 4.90 Å². The van der Waals surface area contributed by atoms with Crippen molar-refractivity contribution in [1.82, 2.24) is 9.80 Å². The molecular formula is C13H24N2O3S. The molecule has 1 fully saturated rings. The highest BCUT2D eigenvalue weighted by molar-refractivity contribution is 8.00. The van der Waals surface area contributed by atoms with Crippen LogP contribution in [0.25, 0.3) is 0 Å². The molecular weight excluding hydrogens is 264 g/mol. The van der Waals surface area contributed by atoms with Crippen molar-refractivity contribution in [3.05, 3.63) is 0 Å². The Morgan fingerprint density at radius 3 is 2.32 bits per heavy atom. The van der Waals surface area contributed by atoms with Crippen molar-refractivity contribution in [2.24, 2.45) is 5.92 Å². The third-order valence-electron chi connectivity index (χ3n) is 3.20. The Labute approximate surface area is 119 Å². The first-order valence-corrected chi connectivity index (χ1v) is 7.94. The number of rotatable bonds is 7. The van der Waals surface area contributed by atoms with Gasteiger partial charge in [-0.3, -0.25) is 14.5 Å². The van der Waals surface area contributed by atoms with Crippen LogP contribution in [0.15, 0.2) is 0 Å². The van der Waals surface area contributed by atoms with Crippen LogP contribution in [-0.2, 0) is 9.59 Å². The molecule has 0 aliphatic carbocycles. The Morgan fingerprint density at radius 1 is 1.16 bits per heavy atom. The minimum atomic E-state index is -0.865. The Balaban J connectivity index is 2.18. The van der Waals surface area contributed by atoms with Crippen LogP contribution in [0, 0.1) is 5.92 Å². The highest BCUT2D eigenvalue weighted by Crippen LogP contribution is 2.09. The van der Waals surface area contributed by atoms with Gasteiger partial charge in [-0.25, -0.2) is 0 Å². The molecule has 1 N–H and O–H groups in total. The molecule has 0 atom stereocenters. The quantitative estimate of drug-likeness (QED) is 0.757. The summed E-state index contributed by atoms with van der Waals surface area (Å²) >= 11 is 1.17. The molecule has 0 bridgehead atoms. The van der Waals surface area contributed by atoms with Crippen molar-refractivity contribution in [2.75, 3.05) is 44.2 Å². The first kappa shape index (κ1) is 16.3. The van der Waals surface area contributed by atoms with Gasteiger partial charge in [0.2, 0.25) is 5.91 Å². The Bertz CT molecular complexity index is 302. The third-order valence-corrected chi connectivity index (χ3v) is 4.10. The molecule has 1 aliphatic rings. The van der Waals surface area contributed by atoms with E-state index >= 15 is 0 Å². The zero-order chi connectivity index (χ0) is 14.3. The number of hydrogen-bond acceptors (Lipinski definition) is 4. The summed E-state index contributed by atoms with van der Waals surface area (Å²) in [4.78, 5) is 26.5. The average molecular weight is 288 g/mol. The molecule has 19 heavy (non-hydrogen) atoms. The van der Waals surface area contributed by atoms with Crippen molar-refractivity contribution in [2.45, 2.75) is 20.3 Å². The summed E-state index contributed by atoms with van der Waals surface area (Å²) in [7, 11) is 0. The van der Waals surface area contributed by atoms with Crippen LogP contribution in [0.2, 0.25) is 0 Å². The predicted octanol–water partition coefficient (Wildman–Crippen LogP) is 0.994. The molecule has 1 aliphatic heterocycles. The molecule has 1 saturated heterocycles. The van der Waals surface area contributed by atoms with Gasteiger partial charge in [0.05, 0.1) is 11.5 Å². The molecule has 110 valence electrons. The molecule has 1 amide bonds. The van der Waals surface area contributed by atoms with E-state index in [-0.39, 0.29) is 17.4 Å². The fourth-order valence-corrected chi connectivity index (χ4v) is 2.61. The maximum absolute atomic E-state index is 11.8. The molecule has 1 heterocycles. The summed E-state index contributed by atoms with van der Waals surface area (Å²) in [5, 5.41) is 8.52. The van der Waals surface area contributed by atoms with Crippen molar-refractivity contribution in [3.8, 4) is 0 Å². The maximum Gasteiger partial charge on any atom is 0.313 e. The Morgan fingerprint density at radius 2 is 1.79 bits per heavy atom. The molecule has 0 aromatic heterocycles. The summed E-state index contributed by atoms with van der Waals surface area (Å²) in [5.74, 6) is 0.191. The van der Waals surface area contributed by atoms with Crippen molar-refractivity contribution < 1.29 is 14.7 Å². The van der Waals surface area contributed by atoms with Gasteiger partial charge in [0.15, 0.2) is 0 Å². The molecule has 0 aromatic carbocycles. The van der Waals surface area contributed by atoms with Crippen molar-refractivity contribution in [3.63, 3.8) is 0 Å². The van der Waals surface area contributed by atoms with Gasteiger partial charge in [-0.1, -0.05) is 13.8 Å². The molecule has 0 unspecified atom stereocenters. The number of thioether (sulfide) groups is 1. The van der Waals surface area contributed by atoms with E-state index in [0.717, 1.165) is 32.7 Å². The minimum absolute atomic E-state index is 0.0000927. The van der Waals surface area contributed by atoms with Gasteiger partial charge in [0.25, 0.3) is 0 Å². The van der Waals surface area contributed by atoms with E-state index in [1.54, 1.807) is 0 Å². The third kappa shape index (κ3) is 6.82.